The van der Waals surface area contributed by atoms with Crippen molar-refractivity contribution in [1.82, 2.24) is 25.2 Å². The molecule has 10 heteroatoms. The summed E-state index contributed by atoms with van der Waals surface area (Å²) in [4.78, 5) is 12.9. The van der Waals surface area contributed by atoms with Gasteiger partial charge in [-0.15, -0.1) is 10.2 Å². The van der Waals surface area contributed by atoms with Crippen LogP contribution in [0.1, 0.15) is 27.3 Å². The summed E-state index contributed by atoms with van der Waals surface area (Å²) in [6.45, 7) is 0. The third kappa shape index (κ3) is 3.36. The van der Waals surface area contributed by atoms with Crippen molar-refractivity contribution in [3.05, 3.63) is 76.2 Å². The largest absolute Gasteiger partial charge is 0.416 e. The van der Waals surface area contributed by atoms with Crippen molar-refractivity contribution in [2.75, 3.05) is 0 Å². The van der Waals surface area contributed by atoms with Gasteiger partial charge in [-0.1, -0.05) is 22.9 Å². The molecule has 0 unspecified atom stereocenters. The predicted molar refractivity (Wildman–Crippen MR) is 95.1 cm³/mol. The highest BCUT2D eigenvalue weighted by Gasteiger charge is 2.31. The highest BCUT2D eigenvalue weighted by molar-refractivity contribution is 6.30. The smallest absolute Gasteiger partial charge is 0.283 e. The van der Waals surface area contributed by atoms with Crippen molar-refractivity contribution >= 4 is 28.4 Å². The number of rotatable bonds is 3. The molecule has 0 saturated carbocycles. The Hall–Kier alpha value is -3.20. The molecule has 0 amide bonds. The van der Waals surface area contributed by atoms with Crippen LogP contribution < -0.4 is 0 Å². The second kappa shape index (κ2) is 6.75. The number of tetrazole rings is 1. The van der Waals surface area contributed by atoms with E-state index >= 15 is 0 Å². The van der Waals surface area contributed by atoms with Crippen molar-refractivity contribution < 1.29 is 18.0 Å². The zero-order valence-corrected chi connectivity index (χ0v) is 14.8. The molecule has 2 aromatic heterocycles. The van der Waals surface area contributed by atoms with E-state index in [4.69, 9.17) is 11.6 Å². The summed E-state index contributed by atoms with van der Waals surface area (Å²) in [5, 5.41) is 14.5. The van der Waals surface area contributed by atoms with Gasteiger partial charge in [0, 0.05) is 28.6 Å². The number of halogens is 4. The number of aromatic nitrogens is 5. The van der Waals surface area contributed by atoms with Crippen molar-refractivity contribution in [1.29, 1.82) is 0 Å². The number of H-pyrrole nitrogens is 1. The normalized spacial score (nSPS) is 11.9. The fourth-order valence-electron chi connectivity index (χ4n) is 2.94. The van der Waals surface area contributed by atoms with Crippen LogP contribution in [0.25, 0.3) is 10.9 Å². The van der Waals surface area contributed by atoms with Gasteiger partial charge in [0.25, 0.3) is 5.91 Å². The molecule has 0 atom stereocenters. The van der Waals surface area contributed by atoms with Gasteiger partial charge in [-0.3, -0.25) is 9.36 Å². The van der Waals surface area contributed by atoms with E-state index in [1.165, 1.54) is 29.0 Å². The van der Waals surface area contributed by atoms with Gasteiger partial charge in [-0.05, 0) is 42.0 Å². The summed E-state index contributed by atoms with van der Waals surface area (Å²) < 4.78 is 40.8. The number of nitrogens with one attached hydrogen (secondary N) is 1. The molecule has 6 nitrogen and oxygen atoms in total. The Bertz CT molecular complexity index is 1150. The van der Waals surface area contributed by atoms with Gasteiger partial charge < -0.3 is 0 Å². The average Bonchev–Trinajstić information content (AvgIpc) is 3.29. The summed E-state index contributed by atoms with van der Waals surface area (Å²) in [5.41, 5.74) is 0.208. The Labute approximate surface area is 160 Å². The number of aromatic amines is 1. The van der Waals surface area contributed by atoms with Gasteiger partial charge in [0.15, 0.2) is 5.82 Å². The lowest BCUT2D eigenvalue weighted by molar-refractivity contribution is -0.137. The highest BCUT2D eigenvalue weighted by atomic mass is 35.5. The maximum atomic E-state index is 13.2. The summed E-state index contributed by atoms with van der Waals surface area (Å²) >= 11 is 5.85. The molecule has 0 aliphatic rings. The Morgan fingerprint density at radius 1 is 1.14 bits per heavy atom. The standard InChI is InChI=1S/C18H11ClF3N5O/c19-13-4-1-10(2-5-13)17(28)27-9-11(7-16-23-25-26-24-16)14-6-3-12(8-15(14)27)18(20,21)22/h1-6,8-9H,7H2,(H,23,24,25,26). The number of carbonyl (C=O) groups is 1. The lowest BCUT2D eigenvalue weighted by Gasteiger charge is -2.09. The van der Waals surface area contributed by atoms with E-state index in [1.54, 1.807) is 12.1 Å². The van der Waals surface area contributed by atoms with E-state index in [-0.39, 0.29) is 11.9 Å². The van der Waals surface area contributed by atoms with Crippen molar-refractivity contribution in [3.63, 3.8) is 0 Å². The van der Waals surface area contributed by atoms with Gasteiger partial charge in [-0.2, -0.15) is 18.4 Å². The third-order valence-electron chi connectivity index (χ3n) is 4.26. The molecule has 0 fully saturated rings. The first-order chi connectivity index (χ1) is 13.3. The molecular weight excluding hydrogens is 395 g/mol. The van der Waals surface area contributed by atoms with Crippen molar-refractivity contribution in [2.45, 2.75) is 12.6 Å². The first kappa shape index (κ1) is 18.2. The number of fused-ring (bicyclic) bond motifs is 1. The van der Waals surface area contributed by atoms with Gasteiger partial charge in [-0.25, -0.2) is 0 Å². The molecule has 0 bridgehead atoms. The van der Waals surface area contributed by atoms with E-state index in [1.807, 2.05) is 0 Å². The molecule has 2 aromatic carbocycles. The first-order valence-electron chi connectivity index (χ1n) is 8.07. The minimum absolute atomic E-state index is 0.147. The third-order valence-corrected chi connectivity index (χ3v) is 4.52. The summed E-state index contributed by atoms with van der Waals surface area (Å²) in [6, 6.07) is 9.41. The summed E-state index contributed by atoms with van der Waals surface area (Å²) in [5.74, 6) is -0.113. The SMILES string of the molecule is O=C(c1ccc(Cl)cc1)n1cc(Cc2nn[nH]n2)c2ccc(C(F)(F)F)cc21. The molecule has 0 radical (unpaired) electrons. The quantitative estimate of drug-likeness (QED) is 0.556. The second-order valence-electron chi connectivity index (χ2n) is 6.07. The van der Waals surface area contributed by atoms with Crippen LogP contribution in [0, 0.1) is 0 Å². The molecule has 0 aliphatic heterocycles. The number of carbonyl (C=O) groups excluding carboxylic acids is 1. The van der Waals surface area contributed by atoms with Crippen molar-refractivity contribution in [2.24, 2.45) is 0 Å². The molecule has 142 valence electrons. The van der Waals surface area contributed by atoms with Gasteiger partial charge in [0.1, 0.15) is 0 Å². The molecule has 28 heavy (non-hydrogen) atoms. The Morgan fingerprint density at radius 2 is 1.89 bits per heavy atom. The van der Waals surface area contributed by atoms with Crippen LogP contribution in [0.5, 0.6) is 0 Å². The molecule has 0 aliphatic carbocycles. The Kier molecular flexibility index (Phi) is 4.38. The van der Waals surface area contributed by atoms with E-state index in [0.717, 1.165) is 12.1 Å². The second-order valence-corrected chi connectivity index (χ2v) is 6.51. The van der Waals surface area contributed by atoms with Crippen LogP contribution in [-0.4, -0.2) is 31.1 Å². The number of alkyl halides is 3. The molecule has 0 spiro atoms. The van der Waals surface area contributed by atoms with E-state index in [0.29, 0.717) is 27.4 Å². The van der Waals surface area contributed by atoms with Crippen LogP contribution in [0.4, 0.5) is 13.2 Å². The average molecular weight is 406 g/mol. The molecular formula is C18H11ClF3N5O. The fourth-order valence-corrected chi connectivity index (χ4v) is 3.07. The molecule has 4 rings (SSSR count). The first-order valence-corrected chi connectivity index (χ1v) is 8.44. The lowest BCUT2D eigenvalue weighted by Crippen LogP contribution is -2.11. The maximum absolute atomic E-state index is 13.2. The van der Waals surface area contributed by atoms with Gasteiger partial charge in [0.2, 0.25) is 0 Å². The minimum Gasteiger partial charge on any atom is -0.283 e. The topological polar surface area (TPSA) is 76.5 Å². The molecule has 1 N–H and O–H groups in total. The fraction of sp³-hybridized carbons (Fsp3) is 0.111. The van der Waals surface area contributed by atoms with E-state index < -0.39 is 17.6 Å². The summed E-state index contributed by atoms with van der Waals surface area (Å²) in [6.07, 6.45) is -2.82. The van der Waals surface area contributed by atoms with E-state index in [9.17, 15) is 18.0 Å². The number of benzene rings is 2. The Balaban J connectivity index is 1.87. The number of hydrogen-bond acceptors (Lipinski definition) is 4. The molecule has 4 aromatic rings. The van der Waals surface area contributed by atoms with Crippen LogP contribution in [0.2, 0.25) is 5.02 Å². The number of hydrogen-bond donors (Lipinski definition) is 1. The molecule has 0 saturated heterocycles. The van der Waals surface area contributed by atoms with Gasteiger partial charge >= 0.3 is 6.18 Å². The molecule has 2 heterocycles. The predicted octanol–water partition coefficient (Wildman–Crippen LogP) is 4.11. The van der Waals surface area contributed by atoms with Crippen LogP contribution >= 0.6 is 11.6 Å². The lowest BCUT2D eigenvalue weighted by atomic mass is 10.1. The van der Waals surface area contributed by atoms with Crippen LogP contribution in [-0.2, 0) is 12.6 Å². The van der Waals surface area contributed by atoms with Gasteiger partial charge in [0.05, 0.1) is 11.1 Å². The number of nitrogens with zero attached hydrogens (tertiary/aromatic N) is 4. The Morgan fingerprint density at radius 3 is 2.54 bits per heavy atom. The zero-order valence-electron chi connectivity index (χ0n) is 14.0. The zero-order chi connectivity index (χ0) is 19.9. The van der Waals surface area contributed by atoms with Crippen molar-refractivity contribution in [3.8, 4) is 0 Å². The van der Waals surface area contributed by atoms with Crippen LogP contribution in [0.3, 0.4) is 0 Å². The summed E-state index contributed by atoms with van der Waals surface area (Å²) in [7, 11) is 0. The monoisotopic (exact) mass is 405 g/mol. The highest BCUT2D eigenvalue weighted by Crippen LogP contribution is 2.33. The van der Waals surface area contributed by atoms with Crippen LogP contribution in [0.15, 0.2) is 48.7 Å². The minimum atomic E-state index is -4.53. The maximum Gasteiger partial charge on any atom is 0.416 e. The van der Waals surface area contributed by atoms with E-state index in [2.05, 4.69) is 20.6 Å².